The van der Waals surface area contributed by atoms with E-state index in [9.17, 15) is 9.59 Å². The third kappa shape index (κ3) is 2.53. The number of likely N-dealkylation sites (tertiary alicyclic amines) is 1. The van der Waals surface area contributed by atoms with E-state index in [0.29, 0.717) is 23.1 Å². The van der Waals surface area contributed by atoms with Crippen LogP contribution in [0.1, 0.15) is 29.6 Å². The quantitative estimate of drug-likeness (QED) is 0.837. The SMILES string of the molecule is NC(=O)C1CCCCN1C(=O)c1cccnc1Br. The molecule has 0 spiro atoms. The molecule has 2 heterocycles. The average molecular weight is 312 g/mol. The zero-order chi connectivity index (χ0) is 13.1. The van der Waals surface area contributed by atoms with Gasteiger partial charge in [0.05, 0.1) is 5.56 Å². The molecule has 2 N–H and O–H groups in total. The van der Waals surface area contributed by atoms with E-state index in [1.807, 2.05) is 0 Å². The van der Waals surface area contributed by atoms with Gasteiger partial charge in [0, 0.05) is 12.7 Å². The maximum atomic E-state index is 12.4. The molecule has 0 saturated carbocycles. The van der Waals surface area contributed by atoms with Crippen LogP contribution in [0.5, 0.6) is 0 Å². The lowest BCUT2D eigenvalue weighted by Crippen LogP contribution is -2.50. The Morgan fingerprint density at radius 2 is 2.22 bits per heavy atom. The molecule has 1 saturated heterocycles. The van der Waals surface area contributed by atoms with Crippen molar-refractivity contribution in [2.45, 2.75) is 25.3 Å². The lowest BCUT2D eigenvalue weighted by Gasteiger charge is -2.33. The lowest BCUT2D eigenvalue weighted by molar-refractivity contribution is -0.123. The Balaban J connectivity index is 2.27. The van der Waals surface area contributed by atoms with Crippen LogP contribution in [0.4, 0.5) is 0 Å². The highest BCUT2D eigenvalue weighted by Crippen LogP contribution is 2.22. The Kier molecular flexibility index (Phi) is 3.96. The number of pyridine rings is 1. The first-order valence-corrected chi connectivity index (χ1v) is 6.61. The van der Waals surface area contributed by atoms with Crippen molar-refractivity contribution in [1.82, 2.24) is 9.88 Å². The van der Waals surface area contributed by atoms with Crippen molar-refractivity contribution >= 4 is 27.7 Å². The summed E-state index contributed by atoms with van der Waals surface area (Å²) in [5, 5.41) is 0. The van der Waals surface area contributed by atoms with Gasteiger partial charge < -0.3 is 10.6 Å². The van der Waals surface area contributed by atoms with Gasteiger partial charge in [-0.1, -0.05) is 0 Å². The zero-order valence-corrected chi connectivity index (χ0v) is 11.4. The average Bonchev–Trinajstić information content (AvgIpc) is 2.38. The summed E-state index contributed by atoms with van der Waals surface area (Å²) < 4.78 is 0.490. The topological polar surface area (TPSA) is 76.3 Å². The monoisotopic (exact) mass is 311 g/mol. The van der Waals surface area contributed by atoms with E-state index in [1.54, 1.807) is 23.2 Å². The van der Waals surface area contributed by atoms with Gasteiger partial charge in [0.2, 0.25) is 5.91 Å². The third-order valence-electron chi connectivity index (χ3n) is 3.08. The number of nitrogens with two attached hydrogens (primary N) is 1. The van der Waals surface area contributed by atoms with Gasteiger partial charge in [0.15, 0.2) is 0 Å². The van der Waals surface area contributed by atoms with E-state index in [0.717, 1.165) is 12.8 Å². The largest absolute Gasteiger partial charge is 0.368 e. The molecule has 1 aromatic heterocycles. The number of carbonyl (C=O) groups is 2. The van der Waals surface area contributed by atoms with Gasteiger partial charge in [-0.15, -0.1) is 0 Å². The van der Waals surface area contributed by atoms with Crippen molar-refractivity contribution in [3.05, 3.63) is 28.5 Å². The molecule has 0 bridgehead atoms. The maximum Gasteiger partial charge on any atom is 0.257 e. The number of rotatable bonds is 2. The van der Waals surface area contributed by atoms with Crippen molar-refractivity contribution in [2.24, 2.45) is 5.73 Å². The van der Waals surface area contributed by atoms with Crippen molar-refractivity contribution < 1.29 is 9.59 Å². The molecule has 96 valence electrons. The van der Waals surface area contributed by atoms with E-state index < -0.39 is 11.9 Å². The van der Waals surface area contributed by atoms with Crippen LogP contribution in [-0.2, 0) is 4.79 Å². The Morgan fingerprint density at radius 1 is 1.44 bits per heavy atom. The van der Waals surface area contributed by atoms with Gasteiger partial charge >= 0.3 is 0 Å². The molecule has 5 nitrogen and oxygen atoms in total. The molecule has 2 rings (SSSR count). The molecule has 1 aromatic rings. The number of halogens is 1. The van der Waals surface area contributed by atoms with Crippen LogP contribution in [0.2, 0.25) is 0 Å². The number of hydrogen-bond donors (Lipinski definition) is 1. The number of piperidine rings is 1. The fourth-order valence-corrected chi connectivity index (χ4v) is 2.59. The zero-order valence-electron chi connectivity index (χ0n) is 9.80. The second-order valence-corrected chi connectivity index (χ2v) is 5.01. The summed E-state index contributed by atoms with van der Waals surface area (Å²) >= 11 is 3.25. The van der Waals surface area contributed by atoms with E-state index in [4.69, 9.17) is 5.73 Å². The molecule has 0 aliphatic carbocycles. The van der Waals surface area contributed by atoms with Gasteiger partial charge in [-0.05, 0) is 47.3 Å². The Labute approximate surface area is 113 Å². The fourth-order valence-electron chi connectivity index (χ4n) is 2.17. The van der Waals surface area contributed by atoms with Gasteiger partial charge in [0.1, 0.15) is 10.6 Å². The number of aromatic nitrogens is 1. The van der Waals surface area contributed by atoms with Crippen molar-refractivity contribution in [2.75, 3.05) is 6.54 Å². The highest BCUT2D eigenvalue weighted by molar-refractivity contribution is 9.10. The molecule has 1 atom stereocenters. The van der Waals surface area contributed by atoms with Crippen LogP contribution in [0.3, 0.4) is 0 Å². The maximum absolute atomic E-state index is 12.4. The summed E-state index contributed by atoms with van der Waals surface area (Å²) in [4.78, 5) is 29.3. The van der Waals surface area contributed by atoms with Gasteiger partial charge in [0.25, 0.3) is 5.91 Å². The van der Waals surface area contributed by atoms with Crippen LogP contribution in [0, 0.1) is 0 Å². The van der Waals surface area contributed by atoms with Crippen molar-refractivity contribution in [3.8, 4) is 0 Å². The van der Waals surface area contributed by atoms with Crippen LogP contribution < -0.4 is 5.73 Å². The summed E-state index contributed by atoms with van der Waals surface area (Å²) in [6.07, 6.45) is 4.06. The minimum Gasteiger partial charge on any atom is -0.368 e. The molecule has 0 aromatic carbocycles. The van der Waals surface area contributed by atoms with Crippen molar-refractivity contribution in [3.63, 3.8) is 0 Å². The predicted molar refractivity (Wildman–Crippen MR) is 69.8 cm³/mol. The van der Waals surface area contributed by atoms with E-state index >= 15 is 0 Å². The summed E-state index contributed by atoms with van der Waals surface area (Å²) in [5.41, 5.74) is 5.81. The summed E-state index contributed by atoms with van der Waals surface area (Å²) in [6.45, 7) is 0.563. The minimum atomic E-state index is -0.502. The van der Waals surface area contributed by atoms with E-state index in [2.05, 4.69) is 20.9 Å². The summed E-state index contributed by atoms with van der Waals surface area (Å²) in [5.74, 6) is -0.637. The standard InChI is InChI=1S/C12H14BrN3O2/c13-10-8(4-3-6-15-10)12(18)16-7-2-1-5-9(16)11(14)17/h3-4,6,9H,1-2,5,7H2,(H2,14,17). The molecule has 1 aliphatic rings. The number of hydrogen-bond acceptors (Lipinski definition) is 3. The molecule has 1 aliphatic heterocycles. The fraction of sp³-hybridized carbons (Fsp3) is 0.417. The second-order valence-electron chi connectivity index (χ2n) is 4.25. The molecule has 2 amide bonds. The second kappa shape index (κ2) is 5.48. The minimum absolute atomic E-state index is 0.196. The lowest BCUT2D eigenvalue weighted by atomic mass is 10.0. The van der Waals surface area contributed by atoms with Gasteiger partial charge in [-0.25, -0.2) is 4.98 Å². The third-order valence-corrected chi connectivity index (χ3v) is 3.71. The normalized spacial score (nSPS) is 19.6. The first-order valence-electron chi connectivity index (χ1n) is 5.82. The van der Waals surface area contributed by atoms with Gasteiger partial charge in [-0.3, -0.25) is 9.59 Å². The van der Waals surface area contributed by atoms with E-state index in [1.165, 1.54) is 0 Å². The highest BCUT2D eigenvalue weighted by atomic mass is 79.9. The Hall–Kier alpha value is -1.43. The Morgan fingerprint density at radius 3 is 2.89 bits per heavy atom. The summed E-state index contributed by atoms with van der Waals surface area (Å²) in [6, 6.07) is 2.88. The predicted octanol–water partition coefficient (Wildman–Crippen LogP) is 1.32. The van der Waals surface area contributed by atoms with Gasteiger partial charge in [-0.2, -0.15) is 0 Å². The number of amides is 2. The first-order chi connectivity index (χ1) is 8.61. The van der Waals surface area contributed by atoms with E-state index in [-0.39, 0.29) is 5.91 Å². The molecule has 1 fully saturated rings. The first kappa shape index (κ1) is 13.0. The molecule has 0 radical (unpaired) electrons. The molecule has 6 heteroatoms. The van der Waals surface area contributed by atoms with Crippen LogP contribution >= 0.6 is 15.9 Å². The summed E-state index contributed by atoms with van der Waals surface area (Å²) in [7, 11) is 0. The number of carbonyl (C=O) groups excluding carboxylic acids is 2. The molecule has 18 heavy (non-hydrogen) atoms. The van der Waals surface area contributed by atoms with Crippen LogP contribution in [-0.4, -0.2) is 34.3 Å². The van der Waals surface area contributed by atoms with Crippen LogP contribution in [0.15, 0.2) is 22.9 Å². The molecule has 1 unspecified atom stereocenters. The highest BCUT2D eigenvalue weighted by Gasteiger charge is 2.31. The number of primary amides is 1. The van der Waals surface area contributed by atoms with Crippen LogP contribution in [0.25, 0.3) is 0 Å². The molecular formula is C12H14BrN3O2. The number of nitrogens with zero attached hydrogens (tertiary/aromatic N) is 2. The molecular weight excluding hydrogens is 298 g/mol. The van der Waals surface area contributed by atoms with Crippen molar-refractivity contribution in [1.29, 1.82) is 0 Å². The Bertz CT molecular complexity index is 478. The smallest absolute Gasteiger partial charge is 0.257 e.